The van der Waals surface area contributed by atoms with E-state index in [2.05, 4.69) is 5.32 Å². The van der Waals surface area contributed by atoms with E-state index in [9.17, 15) is 13.2 Å². The van der Waals surface area contributed by atoms with Gasteiger partial charge in [0, 0.05) is 18.6 Å². The first-order chi connectivity index (χ1) is 9.78. The van der Waals surface area contributed by atoms with Gasteiger partial charge in [0.25, 0.3) is 0 Å². The molecule has 0 unspecified atom stereocenters. The highest BCUT2D eigenvalue weighted by atomic mass is 35.5. The molecule has 1 aromatic carbocycles. The van der Waals surface area contributed by atoms with Crippen LogP contribution in [0.5, 0.6) is 0 Å². The summed E-state index contributed by atoms with van der Waals surface area (Å²) in [5.74, 6) is 0. The van der Waals surface area contributed by atoms with Gasteiger partial charge in [-0.2, -0.15) is 13.2 Å². The third-order valence-corrected chi connectivity index (χ3v) is 3.70. The molecule has 0 aromatic heterocycles. The summed E-state index contributed by atoms with van der Waals surface area (Å²) in [6, 6.07) is 5.48. The van der Waals surface area contributed by atoms with Crippen molar-refractivity contribution in [2.75, 3.05) is 11.4 Å². The van der Waals surface area contributed by atoms with Crippen LogP contribution in [0.4, 0.5) is 18.9 Å². The molecule has 0 heterocycles. The van der Waals surface area contributed by atoms with Crippen LogP contribution in [0, 0.1) is 0 Å². The van der Waals surface area contributed by atoms with Crippen LogP contribution in [0.1, 0.15) is 32.3 Å². The minimum Gasteiger partial charge on any atom is -0.358 e. The Labute approximate surface area is 128 Å². The number of hydrogen-bond acceptors (Lipinski definition) is 2. The second-order valence-corrected chi connectivity index (χ2v) is 6.16. The Morgan fingerprint density at radius 2 is 2.00 bits per heavy atom. The molecule has 1 aliphatic carbocycles. The van der Waals surface area contributed by atoms with E-state index in [0.717, 1.165) is 18.4 Å². The first-order valence-corrected chi connectivity index (χ1v) is 7.50. The van der Waals surface area contributed by atoms with Crippen molar-refractivity contribution in [3.8, 4) is 0 Å². The van der Waals surface area contributed by atoms with Crippen molar-refractivity contribution in [1.29, 1.82) is 0 Å². The van der Waals surface area contributed by atoms with Crippen LogP contribution in [0.15, 0.2) is 18.2 Å². The lowest BCUT2D eigenvalue weighted by Gasteiger charge is -2.29. The third-order valence-electron chi connectivity index (χ3n) is 3.40. The monoisotopic (exact) mass is 320 g/mol. The molecule has 6 heteroatoms. The first-order valence-electron chi connectivity index (χ1n) is 7.12. The van der Waals surface area contributed by atoms with Gasteiger partial charge < -0.3 is 10.2 Å². The van der Waals surface area contributed by atoms with E-state index < -0.39 is 12.7 Å². The molecule has 1 fully saturated rings. The van der Waals surface area contributed by atoms with Crippen molar-refractivity contribution in [2.24, 2.45) is 0 Å². The second kappa shape index (κ2) is 6.44. The van der Waals surface area contributed by atoms with Crippen LogP contribution >= 0.6 is 11.6 Å². The fourth-order valence-corrected chi connectivity index (χ4v) is 2.61. The molecule has 0 amide bonds. The number of benzene rings is 1. The van der Waals surface area contributed by atoms with Gasteiger partial charge in [-0.25, -0.2) is 0 Å². The highest BCUT2D eigenvalue weighted by Gasteiger charge is 2.39. The Morgan fingerprint density at radius 3 is 2.52 bits per heavy atom. The van der Waals surface area contributed by atoms with Crippen LogP contribution in [0.2, 0.25) is 5.02 Å². The zero-order valence-corrected chi connectivity index (χ0v) is 12.9. The predicted molar refractivity (Wildman–Crippen MR) is 79.9 cm³/mol. The normalized spacial score (nSPS) is 15.6. The summed E-state index contributed by atoms with van der Waals surface area (Å²) in [6.45, 7) is 3.56. The summed E-state index contributed by atoms with van der Waals surface area (Å²) in [4.78, 5) is 1.42. The summed E-state index contributed by atoms with van der Waals surface area (Å²) in [7, 11) is 0. The van der Waals surface area contributed by atoms with E-state index in [-0.39, 0.29) is 12.1 Å². The van der Waals surface area contributed by atoms with Crippen LogP contribution in [-0.4, -0.2) is 24.8 Å². The van der Waals surface area contributed by atoms with Gasteiger partial charge in [0.2, 0.25) is 0 Å². The smallest absolute Gasteiger partial charge is 0.358 e. The van der Waals surface area contributed by atoms with Gasteiger partial charge >= 0.3 is 6.18 Å². The van der Waals surface area contributed by atoms with Crippen molar-refractivity contribution in [2.45, 2.75) is 51.5 Å². The number of alkyl halides is 3. The van der Waals surface area contributed by atoms with E-state index >= 15 is 0 Å². The van der Waals surface area contributed by atoms with Crippen molar-refractivity contribution in [3.05, 3.63) is 28.8 Å². The molecule has 0 spiro atoms. The average molecular weight is 321 g/mol. The number of hydrogen-bond donors (Lipinski definition) is 1. The van der Waals surface area contributed by atoms with E-state index in [1.165, 1.54) is 4.90 Å². The molecule has 21 heavy (non-hydrogen) atoms. The molecule has 1 N–H and O–H groups in total. The molecule has 1 aromatic rings. The number of anilines is 1. The van der Waals surface area contributed by atoms with Gasteiger partial charge in [-0.1, -0.05) is 37.6 Å². The lowest BCUT2D eigenvalue weighted by molar-refractivity contribution is -0.120. The Kier molecular flexibility index (Phi) is 5.04. The minimum atomic E-state index is -4.23. The Morgan fingerprint density at radius 1 is 1.33 bits per heavy atom. The lowest BCUT2D eigenvalue weighted by Crippen LogP contribution is -2.37. The first kappa shape index (κ1) is 16.4. The SMILES string of the molecule is CC(C)NCc1cccc(Cl)c1N(CC(F)(F)F)C1CC1. The van der Waals surface area contributed by atoms with Gasteiger partial charge in [-0.15, -0.1) is 0 Å². The number of para-hydroxylation sites is 1. The van der Waals surface area contributed by atoms with Gasteiger partial charge in [0.15, 0.2) is 0 Å². The van der Waals surface area contributed by atoms with Gasteiger partial charge in [-0.3, -0.25) is 0 Å². The summed E-state index contributed by atoms with van der Waals surface area (Å²) < 4.78 is 38.6. The van der Waals surface area contributed by atoms with Crippen molar-refractivity contribution < 1.29 is 13.2 Å². The number of nitrogens with zero attached hydrogens (tertiary/aromatic N) is 1. The molecule has 118 valence electrons. The second-order valence-electron chi connectivity index (χ2n) is 5.76. The minimum absolute atomic E-state index is 0.0516. The molecule has 1 saturated carbocycles. The lowest BCUT2D eigenvalue weighted by atomic mass is 10.1. The summed E-state index contributed by atoms with van der Waals surface area (Å²) >= 11 is 6.20. The molecule has 0 bridgehead atoms. The molecule has 2 rings (SSSR count). The third kappa shape index (κ3) is 4.78. The molecule has 1 aliphatic rings. The predicted octanol–water partition coefficient (Wildman–Crippen LogP) is 4.37. The maximum Gasteiger partial charge on any atom is 0.405 e. The highest BCUT2D eigenvalue weighted by Crippen LogP contribution is 2.39. The summed E-state index contributed by atoms with van der Waals surface area (Å²) in [6.07, 6.45) is -2.65. The largest absolute Gasteiger partial charge is 0.405 e. The van der Waals surface area contributed by atoms with Crippen LogP contribution in [0.3, 0.4) is 0 Å². The highest BCUT2D eigenvalue weighted by molar-refractivity contribution is 6.33. The maximum atomic E-state index is 12.9. The van der Waals surface area contributed by atoms with E-state index in [0.29, 0.717) is 17.3 Å². The van der Waals surface area contributed by atoms with E-state index in [1.807, 2.05) is 19.9 Å². The molecule has 0 aliphatic heterocycles. The average Bonchev–Trinajstić information content (AvgIpc) is 3.17. The Hall–Kier alpha value is -0.940. The van der Waals surface area contributed by atoms with Crippen LogP contribution in [0.25, 0.3) is 0 Å². The molecule has 2 nitrogen and oxygen atoms in total. The van der Waals surface area contributed by atoms with Gasteiger partial charge in [0.05, 0.1) is 10.7 Å². The number of nitrogens with one attached hydrogen (secondary N) is 1. The van der Waals surface area contributed by atoms with Gasteiger partial charge in [-0.05, 0) is 24.5 Å². The standard InChI is InChI=1S/C15H20ClF3N2/c1-10(2)20-8-11-4-3-5-13(16)14(11)21(12-6-7-12)9-15(17,18)19/h3-5,10,12,20H,6-9H2,1-2H3. The molecule has 0 radical (unpaired) electrons. The van der Waals surface area contributed by atoms with Crippen molar-refractivity contribution in [1.82, 2.24) is 5.32 Å². The quantitative estimate of drug-likeness (QED) is 0.837. The summed E-state index contributed by atoms with van der Waals surface area (Å²) in [5.41, 5.74) is 1.33. The topological polar surface area (TPSA) is 15.3 Å². The Bertz CT molecular complexity index is 484. The fraction of sp³-hybridized carbons (Fsp3) is 0.600. The maximum absolute atomic E-state index is 12.9. The van der Waals surface area contributed by atoms with Gasteiger partial charge in [0.1, 0.15) is 6.54 Å². The van der Waals surface area contributed by atoms with E-state index in [1.54, 1.807) is 12.1 Å². The zero-order chi connectivity index (χ0) is 15.6. The summed E-state index contributed by atoms with van der Waals surface area (Å²) in [5, 5.41) is 3.62. The van der Waals surface area contributed by atoms with Crippen LogP contribution in [-0.2, 0) is 6.54 Å². The zero-order valence-electron chi connectivity index (χ0n) is 12.2. The van der Waals surface area contributed by atoms with Crippen molar-refractivity contribution >= 4 is 17.3 Å². The van der Waals surface area contributed by atoms with E-state index in [4.69, 9.17) is 11.6 Å². The number of halogens is 4. The molecule has 0 atom stereocenters. The molecule has 0 saturated heterocycles. The van der Waals surface area contributed by atoms with Crippen molar-refractivity contribution in [3.63, 3.8) is 0 Å². The fourth-order valence-electron chi connectivity index (χ4n) is 2.31. The number of rotatable bonds is 6. The van der Waals surface area contributed by atoms with Crippen LogP contribution < -0.4 is 10.2 Å². The molecular weight excluding hydrogens is 301 g/mol. The Balaban J connectivity index is 2.29. The molecular formula is C15H20ClF3N2.